The van der Waals surface area contributed by atoms with Gasteiger partial charge in [-0.05, 0) is 93.1 Å². The van der Waals surface area contributed by atoms with Gasteiger partial charge in [-0.15, -0.1) is 0 Å². The third-order valence-corrected chi connectivity index (χ3v) is 7.67. The SMILES string of the molecule is Cc1c(C)n(C(C)c2cccc(OC(C)C(=O)O)c2)c2ccc(C(=O)NC(C)c3ccc(C(C)C)cc3)cc12. The minimum absolute atomic E-state index is 0.0293. The molecule has 4 aromatic rings. The van der Waals surface area contributed by atoms with Crippen LogP contribution in [0.4, 0.5) is 0 Å². The van der Waals surface area contributed by atoms with Crippen LogP contribution in [0.2, 0.25) is 0 Å². The predicted molar refractivity (Wildman–Crippen MR) is 156 cm³/mol. The number of fused-ring (bicyclic) bond motifs is 1. The maximum atomic E-state index is 13.2. The predicted octanol–water partition coefficient (Wildman–Crippen LogP) is 7.33. The highest BCUT2D eigenvalue weighted by molar-refractivity contribution is 5.99. The van der Waals surface area contributed by atoms with Crippen LogP contribution < -0.4 is 10.1 Å². The van der Waals surface area contributed by atoms with Crippen molar-refractivity contribution in [2.75, 3.05) is 0 Å². The first-order chi connectivity index (χ1) is 18.5. The average molecular weight is 527 g/mol. The summed E-state index contributed by atoms with van der Waals surface area (Å²) in [6.07, 6.45) is -0.932. The maximum Gasteiger partial charge on any atom is 0.344 e. The zero-order valence-electron chi connectivity index (χ0n) is 23.8. The fraction of sp³-hybridized carbons (Fsp3) is 0.333. The molecule has 0 aliphatic carbocycles. The summed E-state index contributed by atoms with van der Waals surface area (Å²) >= 11 is 0. The number of carbonyl (C=O) groups is 2. The van der Waals surface area contributed by atoms with Gasteiger partial charge >= 0.3 is 5.97 Å². The topological polar surface area (TPSA) is 80.6 Å². The number of rotatable bonds is 9. The molecule has 0 aliphatic rings. The molecule has 1 aromatic heterocycles. The van der Waals surface area contributed by atoms with Crippen LogP contribution in [0.15, 0.2) is 66.7 Å². The molecular formula is C33H38N2O4. The molecule has 3 atom stereocenters. The number of ether oxygens (including phenoxy) is 1. The van der Waals surface area contributed by atoms with Crippen LogP contribution >= 0.6 is 0 Å². The quantitative estimate of drug-likeness (QED) is 0.239. The van der Waals surface area contributed by atoms with Crippen molar-refractivity contribution < 1.29 is 19.4 Å². The van der Waals surface area contributed by atoms with E-state index in [1.54, 1.807) is 6.07 Å². The van der Waals surface area contributed by atoms with Crippen LogP contribution in [0, 0.1) is 13.8 Å². The highest BCUT2D eigenvalue weighted by Crippen LogP contribution is 2.33. The van der Waals surface area contributed by atoms with E-state index in [0.717, 1.165) is 33.3 Å². The molecule has 0 aliphatic heterocycles. The maximum absolute atomic E-state index is 13.2. The lowest BCUT2D eigenvalue weighted by Crippen LogP contribution is -2.26. The molecule has 0 saturated heterocycles. The van der Waals surface area contributed by atoms with E-state index in [4.69, 9.17) is 4.74 Å². The molecule has 0 spiro atoms. The minimum atomic E-state index is -1.01. The molecule has 0 bridgehead atoms. The lowest BCUT2D eigenvalue weighted by molar-refractivity contribution is -0.144. The summed E-state index contributed by atoms with van der Waals surface area (Å²) in [4.78, 5) is 24.4. The third-order valence-electron chi connectivity index (χ3n) is 7.67. The van der Waals surface area contributed by atoms with Crippen molar-refractivity contribution in [2.45, 2.75) is 72.6 Å². The Labute approximate surface area is 230 Å². The molecule has 0 fully saturated rings. The van der Waals surface area contributed by atoms with Gasteiger partial charge in [0.15, 0.2) is 6.10 Å². The number of hydrogen-bond acceptors (Lipinski definition) is 3. The normalized spacial score (nSPS) is 13.7. The Morgan fingerprint density at radius 1 is 0.846 bits per heavy atom. The molecule has 3 aromatic carbocycles. The lowest BCUT2D eigenvalue weighted by atomic mass is 9.99. The Balaban J connectivity index is 1.59. The zero-order chi connectivity index (χ0) is 28.4. The Kier molecular flexibility index (Phi) is 8.14. The van der Waals surface area contributed by atoms with Crippen molar-refractivity contribution in [3.8, 4) is 5.75 Å². The van der Waals surface area contributed by atoms with Crippen LogP contribution in [0.25, 0.3) is 10.9 Å². The van der Waals surface area contributed by atoms with Gasteiger partial charge in [-0.3, -0.25) is 4.79 Å². The molecule has 2 N–H and O–H groups in total. The number of aryl methyl sites for hydroxylation is 1. The summed E-state index contributed by atoms with van der Waals surface area (Å²) in [5.74, 6) is -0.121. The fourth-order valence-corrected chi connectivity index (χ4v) is 5.03. The first-order valence-corrected chi connectivity index (χ1v) is 13.5. The molecule has 1 amide bonds. The number of aromatic nitrogens is 1. The standard InChI is InChI=1S/C33H38N2O4/c1-19(2)25-11-13-26(14-12-25)21(4)34-32(36)28-15-16-31-30(18-28)20(3)22(5)35(31)23(6)27-9-8-10-29(17-27)39-24(7)33(37)38/h8-19,21,23-24H,1-7H3,(H,34,36)(H,37,38). The fourth-order valence-electron chi connectivity index (χ4n) is 5.03. The molecule has 3 unspecified atom stereocenters. The smallest absolute Gasteiger partial charge is 0.344 e. The number of nitrogens with one attached hydrogen (secondary N) is 1. The third kappa shape index (κ3) is 5.85. The Morgan fingerprint density at radius 3 is 2.15 bits per heavy atom. The molecule has 0 saturated carbocycles. The van der Waals surface area contributed by atoms with Gasteiger partial charge < -0.3 is 19.7 Å². The van der Waals surface area contributed by atoms with Crippen molar-refractivity contribution in [3.63, 3.8) is 0 Å². The number of carbonyl (C=O) groups excluding carboxylic acids is 1. The molecular weight excluding hydrogens is 488 g/mol. The van der Waals surface area contributed by atoms with Gasteiger partial charge in [-0.2, -0.15) is 0 Å². The van der Waals surface area contributed by atoms with Crippen LogP contribution in [-0.4, -0.2) is 27.7 Å². The molecule has 0 radical (unpaired) electrons. The number of carboxylic acids is 1. The number of carboxylic acid groups (broad SMARTS) is 1. The second kappa shape index (κ2) is 11.4. The van der Waals surface area contributed by atoms with Gasteiger partial charge in [-0.25, -0.2) is 4.79 Å². The van der Waals surface area contributed by atoms with E-state index in [-0.39, 0.29) is 18.0 Å². The molecule has 4 rings (SSSR count). The van der Waals surface area contributed by atoms with Crippen LogP contribution in [0.3, 0.4) is 0 Å². The summed E-state index contributed by atoms with van der Waals surface area (Å²) in [5, 5.41) is 13.4. The summed E-state index contributed by atoms with van der Waals surface area (Å²) in [6.45, 7) is 14.1. The lowest BCUT2D eigenvalue weighted by Gasteiger charge is -2.20. The van der Waals surface area contributed by atoms with Crippen molar-refractivity contribution in [1.82, 2.24) is 9.88 Å². The molecule has 6 heteroatoms. The van der Waals surface area contributed by atoms with Crippen LogP contribution in [0.5, 0.6) is 5.75 Å². The van der Waals surface area contributed by atoms with E-state index < -0.39 is 12.1 Å². The van der Waals surface area contributed by atoms with Gasteiger partial charge in [0.25, 0.3) is 5.91 Å². The highest BCUT2D eigenvalue weighted by atomic mass is 16.5. The Morgan fingerprint density at radius 2 is 1.51 bits per heavy atom. The van der Waals surface area contributed by atoms with Gasteiger partial charge in [0.2, 0.25) is 0 Å². The van der Waals surface area contributed by atoms with Gasteiger partial charge in [0, 0.05) is 22.2 Å². The molecule has 204 valence electrons. The van der Waals surface area contributed by atoms with E-state index in [0.29, 0.717) is 17.2 Å². The summed E-state index contributed by atoms with van der Waals surface area (Å²) in [7, 11) is 0. The molecule has 1 heterocycles. The number of aliphatic carboxylic acids is 1. The van der Waals surface area contributed by atoms with E-state index in [1.165, 1.54) is 12.5 Å². The average Bonchev–Trinajstić information content (AvgIpc) is 3.17. The largest absolute Gasteiger partial charge is 0.479 e. The van der Waals surface area contributed by atoms with E-state index in [1.807, 2.05) is 43.3 Å². The number of benzene rings is 3. The van der Waals surface area contributed by atoms with Crippen molar-refractivity contribution >= 4 is 22.8 Å². The summed E-state index contributed by atoms with van der Waals surface area (Å²) in [5.41, 5.74) is 7.25. The van der Waals surface area contributed by atoms with Gasteiger partial charge in [0.05, 0.1) is 12.1 Å². The van der Waals surface area contributed by atoms with Crippen molar-refractivity contribution in [2.24, 2.45) is 0 Å². The Bertz CT molecular complexity index is 1500. The van der Waals surface area contributed by atoms with Gasteiger partial charge in [0.1, 0.15) is 5.75 Å². The van der Waals surface area contributed by atoms with Gasteiger partial charge in [-0.1, -0.05) is 50.2 Å². The monoisotopic (exact) mass is 526 g/mol. The van der Waals surface area contributed by atoms with Crippen LogP contribution in [-0.2, 0) is 4.79 Å². The molecule has 6 nitrogen and oxygen atoms in total. The molecule has 39 heavy (non-hydrogen) atoms. The van der Waals surface area contributed by atoms with Crippen molar-refractivity contribution in [1.29, 1.82) is 0 Å². The van der Waals surface area contributed by atoms with E-state index >= 15 is 0 Å². The van der Waals surface area contributed by atoms with E-state index in [9.17, 15) is 14.7 Å². The highest BCUT2D eigenvalue weighted by Gasteiger charge is 2.20. The first kappa shape index (κ1) is 28.0. The second-order valence-corrected chi connectivity index (χ2v) is 10.7. The number of hydrogen-bond donors (Lipinski definition) is 2. The number of amides is 1. The summed E-state index contributed by atoms with van der Waals surface area (Å²) < 4.78 is 7.85. The first-order valence-electron chi connectivity index (χ1n) is 13.5. The second-order valence-electron chi connectivity index (χ2n) is 10.7. The minimum Gasteiger partial charge on any atom is -0.479 e. The number of nitrogens with zero attached hydrogens (tertiary/aromatic N) is 1. The van der Waals surface area contributed by atoms with Crippen LogP contribution in [0.1, 0.15) is 90.9 Å². The van der Waals surface area contributed by atoms with Crippen molar-refractivity contribution in [3.05, 3.63) is 100 Å². The Hall–Kier alpha value is -4.06. The zero-order valence-corrected chi connectivity index (χ0v) is 23.8. The summed E-state index contributed by atoms with van der Waals surface area (Å²) in [6, 6.07) is 21.7. The van der Waals surface area contributed by atoms with E-state index in [2.05, 4.69) is 68.8 Å².